The minimum Gasteiger partial charge on any atom is -0.267 e. The molecular formula is C15H17ClN2O. The van der Waals surface area contributed by atoms with E-state index in [9.17, 15) is 4.79 Å². The Kier molecular flexibility index (Phi) is 3.50. The highest BCUT2D eigenvalue weighted by atomic mass is 35.5. The molecule has 0 bridgehead atoms. The molecule has 0 fully saturated rings. The van der Waals surface area contributed by atoms with Crippen molar-refractivity contribution in [2.45, 2.75) is 20.8 Å². The lowest BCUT2D eigenvalue weighted by molar-refractivity contribution is -0.124. The van der Waals surface area contributed by atoms with Gasteiger partial charge < -0.3 is 0 Å². The van der Waals surface area contributed by atoms with E-state index in [4.69, 9.17) is 11.6 Å². The fraction of sp³-hybridized carbons (Fsp3) is 0.333. The Bertz CT molecular complexity index is 565. The van der Waals surface area contributed by atoms with Crippen LogP contribution >= 0.6 is 11.6 Å². The number of nitrogens with zero attached hydrogens (tertiary/aromatic N) is 2. The summed E-state index contributed by atoms with van der Waals surface area (Å²) in [5.41, 5.74) is 2.24. The number of carbonyl (C=O) groups is 1. The van der Waals surface area contributed by atoms with Crippen LogP contribution in [0, 0.1) is 5.41 Å². The second-order valence-corrected chi connectivity index (χ2v) is 6.07. The zero-order valence-corrected chi connectivity index (χ0v) is 12.3. The lowest BCUT2D eigenvalue weighted by atomic mass is 9.85. The predicted molar refractivity (Wildman–Crippen MR) is 79.1 cm³/mol. The van der Waals surface area contributed by atoms with Crippen LogP contribution in [0.1, 0.15) is 26.3 Å². The van der Waals surface area contributed by atoms with Crippen molar-refractivity contribution in [3.05, 3.63) is 40.4 Å². The van der Waals surface area contributed by atoms with E-state index < -0.39 is 0 Å². The van der Waals surface area contributed by atoms with Crippen LogP contribution < -0.4 is 0 Å². The predicted octanol–water partition coefficient (Wildman–Crippen LogP) is 3.60. The fourth-order valence-corrected chi connectivity index (χ4v) is 2.06. The number of hydrazone groups is 1. The molecule has 0 N–H and O–H groups in total. The summed E-state index contributed by atoms with van der Waals surface area (Å²) in [6, 6.07) is 7.40. The monoisotopic (exact) mass is 276 g/mol. The maximum atomic E-state index is 12.2. The van der Waals surface area contributed by atoms with Gasteiger partial charge in [0.05, 0.1) is 11.3 Å². The van der Waals surface area contributed by atoms with Gasteiger partial charge in [-0.25, -0.2) is 5.01 Å². The molecule has 0 unspecified atom stereocenters. The molecule has 2 rings (SSSR count). The van der Waals surface area contributed by atoms with Gasteiger partial charge in [-0.1, -0.05) is 44.5 Å². The van der Waals surface area contributed by atoms with Crippen molar-refractivity contribution in [2.75, 3.05) is 7.05 Å². The Hall–Kier alpha value is -1.61. The molecule has 0 spiro atoms. The van der Waals surface area contributed by atoms with E-state index in [0.29, 0.717) is 10.6 Å². The normalized spacial score (nSPS) is 18.2. The first-order valence-corrected chi connectivity index (χ1v) is 6.51. The van der Waals surface area contributed by atoms with E-state index in [1.807, 2.05) is 51.1 Å². The Labute approximate surface area is 118 Å². The van der Waals surface area contributed by atoms with Gasteiger partial charge in [-0.05, 0) is 23.8 Å². The second kappa shape index (κ2) is 4.82. The molecule has 0 radical (unpaired) electrons. The molecular weight excluding hydrogens is 260 g/mol. The summed E-state index contributed by atoms with van der Waals surface area (Å²) in [7, 11) is 1.68. The zero-order valence-electron chi connectivity index (χ0n) is 11.6. The summed E-state index contributed by atoms with van der Waals surface area (Å²) in [6.07, 6.45) is 1.87. The molecule has 1 aromatic carbocycles. The third kappa shape index (κ3) is 2.87. The number of benzene rings is 1. The number of amides is 1. The lowest BCUT2D eigenvalue weighted by Gasteiger charge is -2.17. The van der Waals surface area contributed by atoms with Crippen molar-refractivity contribution < 1.29 is 4.79 Å². The van der Waals surface area contributed by atoms with Gasteiger partial charge in [-0.2, -0.15) is 5.10 Å². The topological polar surface area (TPSA) is 32.7 Å². The molecule has 1 aliphatic rings. The minimum absolute atomic E-state index is 0.0696. The van der Waals surface area contributed by atoms with Crippen molar-refractivity contribution in [1.82, 2.24) is 5.01 Å². The highest BCUT2D eigenvalue weighted by Gasteiger charge is 2.34. The van der Waals surface area contributed by atoms with Crippen LogP contribution in [0.4, 0.5) is 0 Å². The molecule has 1 amide bonds. The van der Waals surface area contributed by atoms with E-state index in [-0.39, 0.29) is 11.3 Å². The van der Waals surface area contributed by atoms with Gasteiger partial charge in [0, 0.05) is 17.5 Å². The van der Waals surface area contributed by atoms with E-state index in [1.54, 1.807) is 7.05 Å². The molecule has 3 nitrogen and oxygen atoms in total. The molecule has 4 heteroatoms. The maximum Gasteiger partial charge on any atom is 0.275 e. The number of hydrogen-bond donors (Lipinski definition) is 0. The largest absolute Gasteiger partial charge is 0.275 e. The summed E-state index contributed by atoms with van der Waals surface area (Å²) in [5.74, 6) is -0.0696. The van der Waals surface area contributed by atoms with E-state index in [1.165, 1.54) is 5.01 Å². The number of rotatable bonds is 1. The zero-order chi connectivity index (χ0) is 14.2. The standard InChI is InChI=1S/C15H17ClN2O/c1-15(2,3)13-12(14(19)18(4)17-13)9-10-5-7-11(16)8-6-10/h5-9H,1-4H3/b12-9+. The molecule has 0 aliphatic carbocycles. The molecule has 0 saturated carbocycles. The second-order valence-electron chi connectivity index (χ2n) is 5.64. The first-order valence-electron chi connectivity index (χ1n) is 6.14. The quantitative estimate of drug-likeness (QED) is 0.722. The van der Waals surface area contributed by atoms with Crippen LogP contribution in [-0.2, 0) is 4.79 Å². The SMILES string of the molecule is CN1N=C(C(C)(C)C)/C(=C\c2ccc(Cl)cc2)C1=O. The smallest absolute Gasteiger partial charge is 0.267 e. The van der Waals surface area contributed by atoms with Crippen LogP contribution in [0.3, 0.4) is 0 Å². The van der Waals surface area contributed by atoms with Crippen molar-refractivity contribution in [3.8, 4) is 0 Å². The molecule has 1 heterocycles. The molecule has 19 heavy (non-hydrogen) atoms. The average molecular weight is 277 g/mol. The van der Waals surface area contributed by atoms with Gasteiger partial charge in [-0.3, -0.25) is 4.79 Å². The van der Waals surface area contributed by atoms with E-state index in [0.717, 1.165) is 11.3 Å². The molecule has 0 aromatic heterocycles. The van der Waals surface area contributed by atoms with Gasteiger partial charge in [0.15, 0.2) is 0 Å². The van der Waals surface area contributed by atoms with Gasteiger partial charge in [0.2, 0.25) is 0 Å². The fourth-order valence-electron chi connectivity index (χ4n) is 1.93. The average Bonchev–Trinajstić information content (AvgIpc) is 2.60. The van der Waals surface area contributed by atoms with E-state index >= 15 is 0 Å². The first-order chi connectivity index (χ1) is 8.79. The van der Waals surface area contributed by atoms with Crippen LogP contribution in [0.25, 0.3) is 6.08 Å². The third-order valence-corrected chi connectivity index (χ3v) is 3.17. The van der Waals surface area contributed by atoms with Crippen molar-refractivity contribution >= 4 is 29.3 Å². The van der Waals surface area contributed by atoms with Gasteiger partial charge in [0.1, 0.15) is 0 Å². The molecule has 0 saturated heterocycles. The van der Waals surface area contributed by atoms with Gasteiger partial charge >= 0.3 is 0 Å². The number of hydrogen-bond acceptors (Lipinski definition) is 2. The van der Waals surface area contributed by atoms with Crippen LogP contribution in [-0.4, -0.2) is 23.7 Å². The minimum atomic E-state index is -0.168. The number of carbonyl (C=O) groups excluding carboxylic acids is 1. The summed E-state index contributed by atoms with van der Waals surface area (Å²) >= 11 is 5.86. The Morgan fingerprint density at radius 2 is 1.79 bits per heavy atom. The molecule has 1 aliphatic heterocycles. The Morgan fingerprint density at radius 3 is 2.32 bits per heavy atom. The van der Waals surface area contributed by atoms with Crippen LogP contribution in [0.2, 0.25) is 5.02 Å². The number of halogens is 1. The Balaban J connectivity index is 2.44. The summed E-state index contributed by atoms with van der Waals surface area (Å²) in [5, 5.41) is 6.42. The molecule has 0 atom stereocenters. The highest BCUT2D eigenvalue weighted by Crippen LogP contribution is 2.29. The van der Waals surface area contributed by atoms with Crippen molar-refractivity contribution in [2.24, 2.45) is 10.5 Å². The molecule has 1 aromatic rings. The highest BCUT2D eigenvalue weighted by molar-refractivity contribution is 6.31. The van der Waals surface area contributed by atoms with Crippen molar-refractivity contribution in [1.29, 1.82) is 0 Å². The molecule has 100 valence electrons. The van der Waals surface area contributed by atoms with E-state index in [2.05, 4.69) is 5.10 Å². The van der Waals surface area contributed by atoms with Gasteiger partial charge in [-0.15, -0.1) is 0 Å². The summed E-state index contributed by atoms with van der Waals surface area (Å²) < 4.78 is 0. The summed E-state index contributed by atoms with van der Waals surface area (Å²) in [6.45, 7) is 6.15. The van der Waals surface area contributed by atoms with Crippen LogP contribution in [0.5, 0.6) is 0 Å². The van der Waals surface area contributed by atoms with Crippen molar-refractivity contribution in [3.63, 3.8) is 0 Å². The third-order valence-electron chi connectivity index (χ3n) is 2.92. The van der Waals surface area contributed by atoms with Gasteiger partial charge in [0.25, 0.3) is 5.91 Å². The lowest BCUT2D eigenvalue weighted by Crippen LogP contribution is -2.22. The Morgan fingerprint density at radius 1 is 1.21 bits per heavy atom. The summed E-state index contributed by atoms with van der Waals surface area (Å²) in [4.78, 5) is 12.2. The van der Waals surface area contributed by atoms with Crippen LogP contribution in [0.15, 0.2) is 34.9 Å². The maximum absolute atomic E-state index is 12.2. The number of likely N-dealkylation sites (N-methyl/N-ethyl adjacent to an activating group) is 1. The first kappa shape index (κ1) is 13.8.